The lowest BCUT2D eigenvalue weighted by Gasteiger charge is -2.28. The third-order valence-electron chi connectivity index (χ3n) is 3.66. The number of aliphatic hydroxyl groups is 1. The number of aliphatic hydroxyl groups excluding tert-OH is 1. The fourth-order valence-electron chi connectivity index (χ4n) is 2.48. The third-order valence-corrected chi connectivity index (χ3v) is 5.17. The Hall–Kier alpha value is -0.720. The minimum absolute atomic E-state index is 0.130. The highest BCUT2D eigenvalue weighted by molar-refractivity contribution is 7.99. The molecule has 0 spiro atoms. The predicted octanol–water partition coefficient (Wildman–Crippen LogP) is 1.98. The van der Waals surface area contributed by atoms with Crippen LogP contribution in [0.15, 0.2) is 11.0 Å². The van der Waals surface area contributed by atoms with Gasteiger partial charge in [-0.25, -0.2) is 4.68 Å². The van der Waals surface area contributed by atoms with Gasteiger partial charge in [0.2, 0.25) is 0 Å². The van der Waals surface area contributed by atoms with E-state index >= 15 is 0 Å². The van der Waals surface area contributed by atoms with E-state index in [1.54, 1.807) is 6.20 Å². The molecule has 0 atom stereocenters. The highest BCUT2D eigenvalue weighted by Gasteiger charge is 2.21. The molecular formula is C13H20ClN3O2S. The van der Waals surface area contributed by atoms with E-state index < -0.39 is 0 Å². The summed E-state index contributed by atoms with van der Waals surface area (Å²) in [6.07, 6.45) is 8.26. The highest BCUT2D eigenvalue weighted by atomic mass is 35.5. The molecule has 1 saturated carbocycles. The van der Waals surface area contributed by atoms with E-state index in [0.29, 0.717) is 11.7 Å². The summed E-state index contributed by atoms with van der Waals surface area (Å²) in [6.45, 7) is 0.0341. The molecule has 0 radical (unpaired) electrons. The van der Waals surface area contributed by atoms with E-state index in [0.717, 1.165) is 18.1 Å². The number of anilines is 1. The molecule has 2 N–H and O–H groups in total. The van der Waals surface area contributed by atoms with Crippen LogP contribution in [-0.2, 0) is 6.54 Å². The van der Waals surface area contributed by atoms with Gasteiger partial charge in [0.05, 0.1) is 25.0 Å². The summed E-state index contributed by atoms with van der Waals surface area (Å²) in [6, 6.07) is 0.353. The summed E-state index contributed by atoms with van der Waals surface area (Å²) < 4.78 is 1.18. The third kappa shape index (κ3) is 3.68. The molecule has 112 valence electrons. The lowest BCUT2D eigenvalue weighted by Crippen LogP contribution is -2.30. The van der Waals surface area contributed by atoms with Crippen molar-refractivity contribution in [1.82, 2.24) is 9.78 Å². The second-order valence-corrected chi connectivity index (χ2v) is 6.49. The smallest absolute Gasteiger partial charge is 0.287 e. The van der Waals surface area contributed by atoms with Gasteiger partial charge in [0.25, 0.3) is 5.56 Å². The van der Waals surface area contributed by atoms with Gasteiger partial charge in [-0.1, -0.05) is 11.6 Å². The average molecular weight is 318 g/mol. The Labute approximate surface area is 127 Å². The Kier molecular flexibility index (Phi) is 5.74. The van der Waals surface area contributed by atoms with Gasteiger partial charge in [-0.3, -0.25) is 4.79 Å². The lowest BCUT2D eigenvalue weighted by atomic mass is 9.95. The van der Waals surface area contributed by atoms with Gasteiger partial charge < -0.3 is 10.4 Å². The molecule has 1 fully saturated rings. The average Bonchev–Trinajstić information content (AvgIpc) is 2.48. The van der Waals surface area contributed by atoms with Gasteiger partial charge in [0, 0.05) is 11.3 Å². The van der Waals surface area contributed by atoms with Crippen LogP contribution in [0.4, 0.5) is 5.69 Å². The zero-order chi connectivity index (χ0) is 14.5. The van der Waals surface area contributed by atoms with Crippen molar-refractivity contribution < 1.29 is 5.11 Å². The van der Waals surface area contributed by atoms with Crippen LogP contribution >= 0.6 is 23.4 Å². The van der Waals surface area contributed by atoms with Crippen molar-refractivity contribution in [3.8, 4) is 0 Å². The molecule has 20 heavy (non-hydrogen) atoms. The first-order valence-electron chi connectivity index (χ1n) is 6.81. The number of nitrogens with one attached hydrogen (secondary N) is 1. The molecule has 2 rings (SSSR count). The van der Waals surface area contributed by atoms with Crippen LogP contribution in [0.1, 0.15) is 25.7 Å². The first-order valence-corrected chi connectivity index (χ1v) is 8.48. The minimum Gasteiger partial charge on any atom is -0.394 e. The SMILES string of the molecule is CSC1CCC(Nc2cnn(CCO)c(=O)c2Cl)CC1. The maximum absolute atomic E-state index is 11.9. The molecule has 0 aromatic carbocycles. The van der Waals surface area contributed by atoms with E-state index in [1.165, 1.54) is 17.5 Å². The Bertz CT molecular complexity index is 501. The number of halogens is 1. The van der Waals surface area contributed by atoms with Crippen molar-refractivity contribution >= 4 is 29.1 Å². The van der Waals surface area contributed by atoms with Crippen LogP contribution in [0, 0.1) is 0 Å². The number of thioether (sulfide) groups is 1. The van der Waals surface area contributed by atoms with Gasteiger partial charge in [0.1, 0.15) is 5.02 Å². The molecule has 0 bridgehead atoms. The van der Waals surface area contributed by atoms with E-state index in [4.69, 9.17) is 16.7 Å². The number of aromatic nitrogens is 2. The summed E-state index contributed by atoms with van der Waals surface area (Å²) in [7, 11) is 0. The summed E-state index contributed by atoms with van der Waals surface area (Å²) in [5.41, 5.74) is 0.238. The van der Waals surface area contributed by atoms with Crippen molar-refractivity contribution in [2.24, 2.45) is 0 Å². The second kappa shape index (κ2) is 7.33. The van der Waals surface area contributed by atoms with Crippen LogP contribution in [0.2, 0.25) is 5.02 Å². The Morgan fingerprint density at radius 3 is 2.80 bits per heavy atom. The van der Waals surface area contributed by atoms with E-state index in [1.807, 2.05) is 11.8 Å². The number of hydrogen-bond acceptors (Lipinski definition) is 5. The number of rotatable bonds is 5. The van der Waals surface area contributed by atoms with Crippen molar-refractivity contribution in [3.63, 3.8) is 0 Å². The maximum Gasteiger partial charge on any atom is 0.287 e. The lowest BCUT2D eigenvalue weighted by molar-refractivity contribution is 0.266. The van der Waals surface area contributed by atoms with Crippen LogP contribution in [0.3, 0.4) is 0 Å². The largest absolute Gasteiger partial charge is 0.394 e. The zero-order valence-corrected chi connectivity index (χ0v) is 13.1. The van der Waals surface area contributed by atoms with Crippen molar-refractivity contribution in [3.05, 3.63) is 21.6 Å². The minimum atomic E-state index is -0.358. The Morgan fingerprint density at radius 2 is 2.20 bits per heavy atom. The van der Waals surface area contributed by atoms with Gasteiger partial charge in [0.15, 0.2) is 0 Å². The van der Waals surface area contributed by atoms with Gasteiger partial charge in [-0.15, -0.1) is 0 Å². The molecule has 0 unspecified atom stereocenters. The normalized spacial score (nSPS) is 22.8. The van der Waals surface area contributed by atoms with Crippen molar-refractivity contribution in [2.75, 3.05) is 18.2 Å². The van der Waals surface area contributed by atoms with Gasteiger partial charge >= 0.3 is 0 Å². The molecule has 0 saturated heterocycles. The Balaban J connectivity index is 2.03. The van der Waals surface area contributed by atoms with Crippen LogP contribution < -0.4 is 10.9 Å². The first-order chi connectivity index (χ1) is 9.65. The van der Waals surface area contributed by atoms with Crippen LogP contribution in [0.5, 0.6) is 0 Å². The van der Waals surface area contributed by atoms with E-state index in [-0.39, 0.29) is 23.7 Å². The fourth-order valence-corrected chi connectivity index (χ4v) is 3.43. The monoisotopic (exact) mass is 317 g/mol. The fraction of sp³-hybridized carbons (Fsp3) is 0.692. The van der Waals surface area contributed by atoms with E-state index in [9.17, 15) is 4.79 Å². The quantitative estimate of drug-likeness (QED) is 0.869. The van der Waals surface area contributed by atoms with Crippen molar-refractivity contribution in [2.45, 2.75) is 43.5 Å². The molecule has 7 heteroatoms. The molecular weight excluding hydrogens is 298 g/mol. The molecule has 1 aromatic heterocycles. The first kappa shape index (κ1) is 15.7. The Morgan fingerprint density at radius 1 is 1.50 bits per heavy atom. The maximum atomic E-state index is 11.9. The number of nitrogens with zero attached hydrogens (tertiary/aromatic N) is 2. The molecule has 0 amide bonds. The molecule has 1 aliphatic rings. The predicted molar refractivity (Wildman–Crippen MR) is 83.8 cm³/mol. The van der Waals surface area contributed by atoms with Crippen LogP contribution in [0.25, 0.3) is 0 Å². The molecule has 0 aliphatic heterocycles. The number of hydrogen-bond donors (Lipinski definition) is 2. The summed E-state index contributed by atoms with van der Waals surface area (Å²) in [5.74, 6) is 0. The van der Waals surface area contributed by atoms with Gasteiger partial charge in [-0.2, -0.15) is 16.9 Å². The molecule has 1 aromatic rings. The molecule has 1 aliphatic carbocycles. The summed E-state index contributed by atoms with van der Waals surface area (Å²) in [5, 5.41) is 17.1. The second-order valence-electron chi connectivity index (χ2n) is 4.98. The standard InChI is InChI=1S/C13H20ClN3O2S/c1-20-10-4-2-9(3-5-10)16-11-8-15-17(6-7-18)13(19)12(11)14/h8-10,16,18H,2-7H2,1H3. The van der Waals surface area contributed by atoms with Crippen molar-refractivity contribution in [1.29, 1.82) is 0 Å². The topological polar surface area (TPSA) is 67.2 Å². The molecule has 1 heterocycles. The summed E-state index contributed by atoms with van der Waals surface area (Å²) >= 11 is 8.01. The molecule has 5 nitrogen and oxygen atoms in total. The highest BCUT2D eigenvalue weighted by Crippen LogP contribution is 2.29. The van der Waals surface area contributed by atoms with E-state index in [2.05, 4.69) is 16.7 Å². The zero-order valence-electron chi connectivity index (χ0n) is 11.5. The summed E-state index contributed by atoms with van der Waals surface area (Å²) in [4.78, 5) is 11.9. The van der Waals surface area contributed by atoms with Gasteiger partial charge in [-0.05, 0) is 31.9 Å². The van der Waals surface area contributed by atoms with Crippen LogP contribution in [-0.4, -0.2) is 39.0 Å².